The fraction of sp³-hybridized carbons (Fsp3) is 0.471. The van der Waals surface area contributed by atoms with Crippen molar-refractivity contribution in [2.75, 3.05) is 10.6 Å². The van der Waals surface area contributed by atoms with E-state index in [4.69, 9.17) is 0 Å². The highest BCUT2D eigenvalue weighted by Gasteiger charge is 2.15. The van der Waals surface area contributed by atoms with Gasteiger partial charge in [0, 0.05) is 11.7 Å². The van der Waals surface area contributed by atoms with E-state index in [-0.39, 0.29) is 0 Å². The lowest BCUT2D eigenvalue weighted by atomic mass is 10.0. The second-order valence-corrected chi connectivity index (χ2v) is 6.19. The number of hydrogen-bond donors (Lipinski definition) is 2. The van der Waals surface area contributed by atoms with Crippen molar-refractivity contribution in [3.05, 3.63) is 36.0 Å². The maximum absolute atomic E-state index is 4.49. The number of benzene rings is 1. The molecule has 5 heteroatoms. The first kappa shape index (κ1) is 14.8. The molecule has 1 aliphatic rings. The molecule has 116 valence electrons. The molecule has 0 bridgehead atoms. The predicted octanol–water partition coefficient (Wildman–Crippen LogP) is 4.09. The van der Waals surface area contributed by atoms with Crippen molar-refractivity contribution < 1.29 is 0 Å². The Kier molecular flexibility index (Phi) is 4.51. The molecule has 2 aromatic rings. The summed E-state index contributed by atoms with van der Waals surface area (Å²) in [5.41, 5.74) is 2.30. The molecule has 1 aromatic heterocycles. The lowest BCUT2D eigenvalue weighted by Crippen LogP contribution is -2.16. The second-order valence-electron chi connectivity index (χ2n) is 6.19. The predicted molar refractivity (Wildman–Crippen MR) is 89.5 cm³/mol. The molecule has 0 amide bonds. The number of nitrogens with zero attached hydrogens (tertiary/aromatic N) is 3. The Labute approximate surface area is 131 Å². The van der Waals surface area contributed by atoms with Crippen LogP contribution in [0.2, 0.25) is 0 Å². The average Bonchev–Trinajstić information content (AvgIpc) is 3.01. The molecule has 0 spiro atoms. The number of nitrogens with one attached hydrogen (secondary N) is 2. The molecule has 1 aromatic carbocycles. The summed E-state index contributed by atoms with van der Waals surface area (Å²) in [4.78, 5) is 4.49. The first-order valence-electron chi connectivity index (χ1n) is 8.04. The van der Waals surface area contributed by atoms with Crippen molar-refractivity contribution in [2.24, 2.45) is 0 Å². The minimum Gasteiger partial charge on any atom is -0.366 e. The van der Waals surface area contributed by atoms with Gasteiger partial charge in [0.2, 0.25) is 5.95 Å². The van der Waals surface area contributed by atoms with Crippen LogP contribution in [-0.4, -0.2) is 21.2 Å². The van der Waals surface area contributed by atoms with Crippen molar-refractivity contribution in [3.8, 4) is 0 Å². The summed E-state index contributed by atoms with van der Waals surface area (Å²) >= 11 is 0. The van der Waals surface area contributed by atoms with E-state index in [9.17, 15) is 0 Å². The highest BCUT2D eigenvalue weighted by Crippen LogP contribution is 2.22. The van der Waals surface area contributed by atoms with Gasteiger partial charge in [0.15, 0.2) is 5.82 Å². The third-order valence-corrected chi connectivity index (χ3v) is 4.10. The Bertz CT molecular complexity index is 603. The Hall–Kier alpha value is -2.17. The van der Waals surface area contributed by atoms with Gasteiger partial charge in [-0.05, 0) is 36.5 Å². The summed E-state index contributed by atoms with van der Waals surface area (Å²) in [6.45, 7) is 4.38. The van der Waals surface area contributed by atoms with Gasteiger partial charge in [0.05, 0.1) is 6.20 Å². The van der Waals surface area contributed by atoms with Crippen LogP contribution in [0.5, 0.6) is 0 Å². The summed E-state index contributed by atoms with van der Waals surface area (Å²) in [5.74, 6) is 1.86. The van der Waals surface area contributed by atoms with Crippen molar-refractivity contribution in [2.45, 2.75) is 51.5 Å². The van der Waals surface area contributed by atoms with Gasteiger partial charge in [0.1, 0.15) is 0 Å². The Morgan fingerprint density at radius 2 is 1.82 bits per heavy atom. The molecule has 1 saturated carbocycles. The summed E-state index contributed by atoms with van der Waals surface area (Å²) in [7, 11) is 0. The molecule has 0 aliphatic heterocycles. The second kappa shape index (κ2) is 6.73. The van der Waals surface area contributed by atoms with Crippen LogP contribution in [0, 0.1) is 0 Å². The van der Waals surface area contributed by atoms with Crippen LogP contribution >= 0.6 is 0 Å². The van der Waals surface area contributed by atoms with E-state index in [1.165, 1.54) is 31.2 Å². The van der Waals surface area contributed by atoms with Gasteiger partial charge in [0.25, 0.3) is 0 Å². The molecule has 1 aliphatic carbocycles. The molecule has 2 N–H and O–H groups in total. The number of hydrogen-bond acceptors (Lipinski definition) is 5. The largest absolute Gasteiger partial charge is 0.366 e. The van der Waals surface area contributed by atoms with Gasteiger partial charge in [-0.2, -0.15) is 10.1 Å². The van der Waals surface area contributed by atoms with Gasteiger partial charge in [-0.25, -0.2) is 0 Å². The van der Waals surface area contributed by atoms with Crippen LogP contribution < -0.4 is 10.6 Å². The third kappa shape index (κ3) is 3.72. The highest BCUT2D eigenvalue weighted by molar-refractivity contribution is 5.54. The Morgan fingerprint density at radius 1 is 1.09 bits per heavy atom. The molecule has 0 saturated heterocycles. The van der Waals surface area contributed by atoms with Gasteiger partial charge < -0.3 is 10.6 Å². The fourth-order valence-corrected chi connectivity index (χ4v) is 2.79. The van der Waals surface area contributed by atoms with Gasteiger partial charge in [-0.15, -0.1) is 5.10 Å². The normalized spacial score (nSPS) is 15.2. The maximum Gasteiger partial charge on any atom is 0.249 e. The molecule has 1 heterocycles. The Morgan fingerprint density at radius 3 is 2.50 bits per heavy atom. The van der Waals surface area contributed by atoms with Crippen LogP contribution in [0.4, 0.5) is 17.5 Å². The molecular formula is C17H23N5. The van der Waals surface area contributed by atoms with E-state index in [0.717, 1.165) is 11.5 Å². The molecule has 22 heavy (non-hydrogen) atoms. The van der Waals surface area contributed by atoms with E-state index < -0.39 is 0 Å². The van der Waals surface area contributed by atoms with Crippen molar-refractivity contribution in [1.82, 2.24) is 15.2 Å². The minimum absolute atomic E-state index is 0.523. The standard InChI is InChI=1S/C17H23N5/c1-12(2)13-7-9-15(10-8-13)20-17-21-16(11-18-22-17)19-14-5-3-4-6-14/h7-12,14H,3-6H2,1-2H3,(H2,19,20,21,22). The topological polar surface area (TPSA) is 62.7 Å². The monoisotopic (exact) mass is 297 g/mol. The number of anilines is 3. The van der Waals surface area contributed by atoms with Crippen LogP contribution in [0.1, 0.15) is 51.0 Å². The van der Waals surface area contributed by atoms with E-state index in [1.54, 1.807) is 6.20 Å². The number of rotatable bonds is 5. The van der Waals surface area contributed by atoms with Crippen LogP contribution in [0.25, 0.3) is 0 Å². The summed E-state index contributed by atoms with van der Waals surface area (Å²) < 4.78 is 0. The SMILES string of the molecule is CC(C)c1ccc(Nc2nncc(NC3CCCC3)n2)cc1. The summed E-state index contributed by atoms with van der Waals surface area (Å²) in [5, 5.41) is 14.7. The minimum atomic E-state index is 0.523. The van der Waals surface area contributed by atoms with E-state index >= 15 is 0 Å². The highest BCUT2D eigenvalue weighted by atomic mass is 15.3. The van der Waals surface area contributed by atoms with E-state index in [0.29, 0.717) is 17.9 Å². The van der Waals surface area contributed by atoms with Crippen LogP contribution in [0.3, 0.4) is 0 Å². The van der Waals surface area contributed by atoms with Gasteiger partial charge >= 0.3 is 0 Å². The van der Waals surface area contributed by atoms with Gasteiger partial charge in [-0.3, -0.25) is 0 Å². The van der Waals surface area contributed by atoms with Crippen molar-refractivity contribution >= 4 is 17.5 Å². The van der Waals surface area contributed by atoms with E-state index in [2.05, 4.69) is 63.9 Å². The average molecular weight is 297 g/mol. The molecule has 1 fully saturated rings. The van der Waals surface area contributed by atoms with Crippen LogP contribution in [0.15, 0.2) is 30.5 Å². The summed E-state index contributed by atoms with van der Waals surface area (Å²) in [6, 6.07) is 8.88. The summed E-state index contributed by atoms with van der Waals surface area (Å²) in [6.07, 6.45) is 6.70. The quantitative estimate of drug-likeness (QED) is 0.870. The zero-order valence-corrected chi connectivity index (χ0v) is 13.2. The molecule has 0 radical (unpaired) electrons. The first-order chi connectivity index (χ1) is 10.7. The maximum atomic E-state index is 4.49. The molecule has 5 nitrogen and oxygen atoms in total. The van der Waals surface area contributed by atoms with E-state index in [1.807, 2.05) is 0 Å². The number of aromatic nitrogens is 3. The molecular weight excluding hydrogens is 274 g/mol. The zero-order chi connectivity index (χ0) is 15.4. The van der Waals surface area contributed by atoms with Crippen molar-refractivity contribution in [1.29, 1.82) is 0 Å². The smallest absolute Gasteiger partial charge is 0.249 e. The molecule has 0 atom stereocenters. The zero-order valence-electron chi connectivity index (χ0n) is 13.2. The first-order valence-corrected chi connectivity index (χ1v) is 8.04. The Balaban J connectivity index is 1.66. The lowest BCUT2D eigenvalue weighted by molar-refractivity contribution is 0.747. The molecule has 3 rings (SSSR count). The molecule has 0 unspecified atom stereocenters. The van der Waals surface area contributed by atoms with Crippen LogP contribution in [-0.2, 0) is 0 Å². The lowest BCUT2D eigenvalue weighted by Gasteiger charge is -2.13. The fourth-order valence-electron chi connectivity index (χ4n) is 2.79. The van der Waals surface area contributed by atoms with Crippen molar-refractivity contribution in [3.63, 3.8) is 0 Å². The van der Waals surface area contributed by atoms with Gasteiger partial charge in [-0.1, -0.05) is 38.8 Å². The third-order valence-electron chi connectivity index (χ3n) is 4.10.